The van der Waals surface area contributed by atoms with Gasteiger partial charge in [-0.3, -0.25) is 4.79 Å². The zero-order valence-electron chi connectivity index (χ0n) is 6.08. The van der Waals surface area contributed by atoms with Crippen molar-refractivity contribution in [3.63, 3.8) is 0 Å². The van der Waals surface area contributed by atoms with E-state index in [4.69, 9.17) is 11.6 Å². The molecule has 0 aliphatic carbocycles. The van der Waals surface area contributed by atoms with E-state index in [0.717, 1.165) is 5.03 Å². The second-order valence-corrected chi connectivity index (χ2v) is 4.71. The molecule has 1 fully saturated rings. The van der Waals surface area contributed by atoms with Crippen LogP contribution in [0.1, 0.15) is 13.3 Å². The molecule has 2 nitrogen and oxygen atoms in total. The summed E-state index contributed by atoms with van der Waals surface area (Å²) in [5.74, 6) is 0.188. The third-order valence-electron chi connectivity index (χ3n) is 1.96. The number of fused-ring (bicyclic) bond motifs is 1. The van der Waals surface area contributed by atoms with E-state index >= 15 is 0 Å². The number of rotatable bonds is 0. The monoisotopic (exact) mass is 189 g/mol. The number of carbonyl (C=O) groups excluding carboxylic acids is 1. The summed E-state index contributed by atoms with van der Waals surface area (Å²) < 4.78 is 0. The molecule has 60 valence electrons. The third-order valence-corrected chi connectivity index (χ3v) is 3.88. The predicted molar refractivity (Wildman–Crippen MR) is 46.2 cm³/mol. The molecule has 0 saturated carbocycles. The van der Waals surface area contributed by atoms with E-state index in [2.05, 4.69) is 6.92 Å². The van der Waals surface area contributed by atoms with Gasteiger partial charge in [0.05, 0.1) is 11.8 Å². The van der Waals surface area contributed by atoms with Crippen LogP contribution in [0.3, 0.4) is 0 Å². The first kappa shape index (κ1) is 7.50. The zero-order chi connectivity index (χ0) is 8.01. The fraction of sp³-hybridized carbons (Fsp3) is 0.571. The fourth-order valence-electron chi connectivity index (χ4n) is 1.21. The first-order valence-corrected chi connectivity index (χ1v) is 4.84. The van der Waals surface area contributed by atoms with Crippen molar-refractivity contribution < 1.29 is 4.79 Å². The Labute approximate surface area is 74.6 Å². The minimum absolute atomic E-state index is 0.188. The molecule has 0 aromatic rings. The quantitative estimate of drug-likeness (QED) is 0.542. The Morgan fingerprint density at radius 2 is 2.55 bits per heavy atom. The van der Waals surface area contributed by atoms with Crippen molar-refractivity contribution >= 4 is 29.3 Å². The molecular formula is C7H8ClNOS. The van der Waals surface area contributed by atoms with E-state index in [0.29, 0.717) is 17.0 Å². The summed E-state index contributed by atoms with van der Waals surface area (Å²) in [4.78, 5) is 12.6. The maximum Gasteiger partial charge on any atom is 0.230 e. The van der Waals surface area contributed by atoms with E-state index in [1.807, 2.05) is 0 Å². The molecule has 0 N–H and O–H groups in total. The van der Waals surface area contributed by atoms with Crippen molar-refractivity contribution in [3.05, 3.63) is 11.2 Å². The standard InChI is InChI=1S/C7H8ClNOS/c1-4-5(8)3-9-6(10)2-7(9)11-4/h3-4,7H,2H2,1H3/t4?,7-/m1/s1. The summed E-state index contributed by atoms with van der Waals surface area (Å²) in [6, 6.07) is 0. The highest BCUT2D eigenvalue weighted by Gasteiger charge is 2.39. The predicted octanol–water partition coefficient (Wildman–Crippen LogP) is 1.76. The SMILES string of the molecule is CC1S[C@@H]2CC(=O)N2C=C1Cl. The van der Waals surface area contributed by atoms with Crippen LogP contribution in [0.25, 0.3) is 0 Å². The molecule has 1 amide bonds. The highest BCUT2D eigenvalue weighted by atomic mass is 35.5. The van der Waals surface area contributed by atoms with Gasteiger partial charge < -0.3 is 4.90 Å². The van der Waals surface area contributed by atoms with Crippen molar-refractivity contribution in [2.24, 2.45) is 0 Å². The van der Waals surface area contributed by atoms with Gasteiger partial charge in [0, 0.05) is 16.5 Å². The van der Waals surface area contributed by atoms with Crippen molar-refractivity contribution in [3.8, 4) is 0 Å². The van der Waals surface area contributed by atoms with Crippen LogP contribution in [-0.4, -0.2) is 21.4 Å². The minimum Gasteiger partial charge on any atom is -0.305 e. The Balaban J connectivity index is 2.21. The van der Waals surface area contributed by atoms with Crippen LogP contribution in [0.2, 0.25) is 0 Å². The van der Waals surface area contributed by atoms with Crippen LogP contribution in [0.4, 0.5) is 0 Å². The maximum atomic E-state index is 10.9. The van der Waals surface area contributed by atoms with Gasteiger partial charge >= 0.3 is 0 Å². The molecule has 2 heterocycles. The number of amides is 1. The third kappa shape index (κ3) is 1.07. The second kappa shape index (κ2) is 2.42. The van der Waals surface area contributed by atoms with Gasteiger partial charge in [-0.2, -0.15) is 0 Å². The summed E-state index contributed by atoms with van der Waals surface area (Å²) in [7, 11) is 0. The summed E-state index contributed by atoms with van der Waals surface area (Å²) >= 11 is 7.63. The average molecular weight is 190 g/mol. The van der Waals surface area contributed by atoms with E-state index < -0.39 is 0 Å². The van der Waals surface area contributed by atoms with E-state index in [9.17, 15) is 4.79 Å². The Kier molecular flexibility index (Phi) is 1.65. The van der Waals surface area contributed by atoms with E-state index in [1.165, 1.54) is 0 Å². The molecule has 2 atom stereocenters. The van der Waals surface area contributed by atoms with Gasteiger partial charge in [0.1, 0.15) is 0 Å². The van der Waals surface area contributed by atoms with Crippen LogP contribution in [0, 0.1) is 0 Å². The van der Waals surface area contributed by atoms with Crippen LogP contribution < -0.4 is 0 Å². The Morgan fingerprint density at radius 1 is 1.82 bits per heavy atom. The Bertz CT molecular complexity index is 241. The van der Waals surface area contributed by atoms with Gasteiger partial charge in [0.15, 0.2) is 0 Å². The van der Waals surface area contributed by atoms with Gasteiger partial charge in [-0.1, -0.05) is 11.6 Å². The molecule has 2 aliphatic heterocycles. The molecule has 0 aromatic heterocycles. The van der Waals surface area contributed by atoms with Gasteiger partial charge in [0.25, 0.3) is 0 Å². The maximum absolute atomic E-state index is 10.9. The number of carbonyl (C=O) groups is 1. The summed E-state index contributed by atoms with van der Waals surface area (Å²) in [6.07, 6.45) is 2.44. The number of halogens is 1. The summed E-state index contributed by atoms with van der Waals surface area (Å²) in [5.41, 5.74) is 0. The molecule has 0 spiro atoms. The number of nitrogens with zero attached hydrogens (tertiary/aromatic N) is 1. The number of thioether (sulfide) groups is 1. The smallest absolute Gasteiger partial charge is 0.230 e. The summed E-state index contributed by atoms with van der Waals surface area (Å²) in [5, 5.41) is 1.49. The lowest BCUT2D eigenvalue weighted by molar-refractivity contribution is -0.137. The molecule has 0 aromatic carbocycles. The normalized spacial score (nSPS) is 36.0. The Hall–Kier alpha value is -0.150. The number of β-lactam (4-membered cyclic amide) rings is 1. The first-order chi connectivity index (χ1) is 5.18. The molecule has 1 saturated heterocycles. The van der Waals surface area contributed by atoms with Crippen molar-refractivity contribution in [2.45, 2.75) is 24.0 Å². The fourth-order valence-corrected chi connectivity index (χ4v) is 2.68. The summed E-state index contributed by atoms with van der Waals surface area (Å²) in [6.45, 7) is 2.06. The van der Waals surface area contributed by atoms with Gasteiger partial charge in [-0.15, -0.1) is 11.8 Å². The van der Waals surface area contributed by atoms with Gasteiger partial charge in [-0.05, 0) is 6.92 Å². The van der Waals surface area contributed by atoms with Gasteiger partial charge in [-0.25, -0.2) is 0 Å². The Morgan fingerprint density at radius 3 is 3.18 bits per heavy atom. The van der Waals surface area contributed by atoms with E-state index in [-0.39, 0.29) is 5.91 Å². The average Bonchev–Trinajstić information content (AvgIpc) is 1.97. The molecule has 2 aliphatic rings. The van der Waals surface area contributed by atoms with Crippen molar-refractivity contribution in [2.75, 3.05) is 0 Å². The molecule has 4 heteroatoms. The van der Waals surface area contributed by atoms with E-state index in [1.54, 1.807) is 22.9 Å². The molecule has 1 unspecified atom stereocenters. The highest BCUT2D eigenvalue weighted by Crippen LogP contribution is 2.40. The van der Waals surface area contributed by atoms with Crippen LogP contribution in [-0.2, 0) is 4.79 Å². The van der Waals surface area contributed by atoms with Gasteiger partial charge in [0.2, 0.25) is 5.91 Å². The number of hydrogen-bond donors (Lipinski definition) is 0. The lowest BCUT2D eigenvalue weighted by Gasteiger charge is -2.42. The molecule has 11 heavy (non-hydrogen) atoms. The lowest BCUT2D eigenvalue weighted by atomic mass is 10.2. The molecule has 0 bridgehead atoms. The minimum atomic E-state index is 0.188. The largest absolute Gasteiger partial charge is 0.305 e. The highest BCUT2D eigenvalue weighted by molar-refractivity contribution is 8.00. The van der Waals surface area contributed by atoms with Crippen LogP contribution in [0.5, 0.6) is 0 Å². The number of hydrogen-bond acceptors (Lipinski definition) is 2. The zero-order valence-corrected chi connectivity index (χ0v) is 7.65. The first-order valence-electron chi connectivity index (χ1n) is 3.52. The van der Waals surface area contributed by atoms with Crippen LogP contribution in [0.15, 0.2) is 11.2 Å². The molecule has 0 radical (unpaired) electrons. The topological polar surface area (TPSA) is 20.3 Å². The lowest BCUT2D eigenvalue weighted by Crippen LogP contribution is -2.49. The van der Waals surface area contributed by atoms with Crippen LogP contribution >= 0.6 is 23.4 Å². The molecular weight excluding hydrogens is 182 g/mol. The molecule has 2 rings (SSSR count). The van der Waals surface area contributed by atoms with Crippen molar-refractivity contribution in [1.82, 2.24) is 4.90 Å². The second-order valence-electron chi connectivity index (χ2n) is 2.75. The van der Waals surface area contributed by atoms with Crippen molar-refractivity contribution in [1.29, 1.82) is 0 Å².